The van der Waals surface area contributed by atoms with E-state index in [9.17, 15) is 0 Å². The van der Waals surface area contributed by atoms with Crippen LogP contribution in [0.15, 0.2) is 55.1 Å². The minimum Gasteiger partial charge on any atom is -0.103 e. The smallest absolute Gasteiger partial charge is 0.0408 e. The van der Waals surface area contributed by atoms with E-state index in [1.807, 2.05) is 18.2 Å². The van der Waals surface area contributed by atoms with Gasteiger partial charge in [0.05, 0.1) is 0 Å². The Hall–Kier alpha value is -1.79. The third kappa shape index (κ3) is 4.59. The minimum absolute atomic E-state index is 0.813. The molecule has 2 aromatic rings. The highest BCUT2D eigenvalue weighted by Gasteiger charge is 2.06. The molecule has 0 aliphatic carbocycles. The highest BCUT2D eigenvalue weighted by atomic mass is 35.5. The molecule has 0 aliphatic heterocycles. The number of allylic oxidation sites excluding steroid dienone is 3. The molecule has 0 amide bonds. The largest absolute Gasteiger partial charge is 0.103 e. The number of hydrogen-bond acceptors (Lipinski definition) is 0. The highest BCUT2D eigenvalue weighted by molar-refractivity contribution is 6.30. The lowest BCUT2D eigenvalue weighted by Crippen LogP contribution is -1.96. The Kier molecular flexibility index (Phi) is 6.24. The molecule has 0 atom stereocenters. The number of aryl methyl sites for hydroxylation is 4. The lowest BCUT2D eigenvalue weighted by atomic mass is 9.94. The molecule has 0 unspecified atom stereocenters. The second-order valence-corrected chi connectivity index (χ2v) is 6.46. The molecule has 120 valence electrons. The Labute approximate surface area is 145 Å². The average Bonchev–Trinajstić information content (AvgIpc) is 2.52. The summed E-state index contributed by atoms with van der Waals surface area (Å²) < 4.78 is 0. The predicted molar refractivity (Wildman–Crippen MR) is 103 cm³/mol. The first kappa shape index (κ1) is 17.6. The third-order valence-electron chi connectivity index (χ3n) is 4.34. The molecule has 0 radical (unpaired) electrons. The number of halogens is 1. The van der Waals surface area contributed by atoms with Crippen LogP contribution in [0.2, 0.25) is 5.02 Å². The Bertz CT molecular complexity index is 723. The van der Waals surface area contributed by atoms with Crippen LogP contribution in [0.1, 0.15) is 41.2 Å². The van der Waals surface area contributed by atoms with Gasteiger partial charge >= 0.3 is 0 Å². The van der Waals surface area contributed by atoms with Gasteiger partial charge in [-0.25, -0.2) is 0 Å². The van der Waals surface area contributed by atoms with E-state index in [0.29, 0.717) is 0 Å². The molecule has 0 aromatic heterocycles. The Balaban J connectivity index is 2.13. The molecule has 0 aliphatic rings. The third-order valence-corrected chi connectivity index (χ3v) is 4.57. The molecule has 2 rings (SSSR count). The first-order valence-electron chi connectivity index (χ1n) is 8.16. The summed E-state index contributed by atoms with van der Waals surface area (Å²) >= 11 is 6.03. The minimum atomic E-state index is 0.813. The summed E-state index contributed by atoms with van der Waals surface area (Å²) in [5.41, 5.74) is 8.04. The van der Waals surface area contributed by atoms with Gasteiger partial charge in [-0.3, -0.25) is 0 Å². The van der Waals surface area contributed by atoms with Crippen LogP contribution in [-0.4, -0.2) is 0 Å². The molecular weight excluding hydrogens is 300 g/mol. The van der Waals surface area contributed by atoms with E-state index < -0.39 is 0 Å². The van der Waals surface area contributed by atoms with Crippen LogP contribution in [0.5, 0.6) is 0 Å². The SMILES string of the molecule is C=CC/C(=C/C)c1ccc(CCc2ccc(Cl)cc2C)cc1C. The van der Waals surface area contributed by atoms with Gasteiger partial charge in [-0.2, -0.15) is 0 Å². The van der Waals surface area contributed by atoms with Crippen molar-refractivity contribution >= 4 is 17.2 Å². The fraction of sp³-hybridized carbons (Fsp3) is 0.273. The van der Waals surface area contributed by atoms with Crippen molar-refractivity contribution in [2.45, 2.75) is 40.0 Å². The van der Waals surface area contributed by atoms with Crippen molar-refractivity contribution in [1.82, 2.24) is 0 Å². The number of rotatable bonds is 6. The molecular formula is C22H25Cl. The average molecular weight is 325 g/mol. The second kappa shape index (κ2) is 8.17. The molecule has 2 aromatic carbocycles. The zero-order valence-electron chi connectivity index (χ0n) is 14.3. The van der Waals surface area contributed by atoms with Crippen LogP contribution < -0.4 is 0 Å². The Morgan fingerprint density at radius 1 is 1.04 bits per heavy atom. The monoisotopic (exact) mass is 324 g/mol. The molecule has 1 heteroatoms. The van der Waals surface area contributed by atoms with Crippen LogP contribution in [0.3, 0.4) is 0 Å². The van der Waals surface area contributed by atoms with Gasteiger partial charge in [0.25, 0.3) is 0 Å². The lowest BCUT2D eigenvalue weighted by Gasteiger charge is -2.12. The summed E-state index contributed by atoms with van der Waals surface area (Å²) in [5, 5.41) is 0.813. The summed E-state index contributed by atoms with van der Waals surface area (Å²) in [6, 6.07) is 13.0. The van der Waals surface area contributed by atoms with Crippen LogP contribution in [0.25, 0.3) is 5.57 Å². The fourth-order valence-electron chi connectivity index (χ4n) is 3.00. The van der Waals surface area contributed by atoms with Gasteiger partial charge in [-0.1, -0.05) is 48.0 Å². The molecule has 0 saturated heterocycles. The molecule has 0 saturated carbocycles. The summed E-state index contributed by atoms with van der Waals surface area (Å²) in [6.07, 6.45) is 7.16. The standard InChI is InChI=1S/C22H25Cl/c1-5-7-19(6-2)22-13-9-18(14-17(22)4)8-10-20-11-12-21(23)15-16(20)3/h5-6,9,11-15H,1,7-8,10H2,2-4H3/b19-6-. The normalized spacial score (nSPS) is 11.6. The van der Waals surface area contributed by atoms with Crippen LogP contribution in [0.4, 0.5) is 0 Å². The summed E-state index contributed by atoms with van der Waals surface area (Å²) in [7, 11) is 0. The van der Waals surface area contributed by atoms with E-state index in [1.165, 1.54) is 33.4 Å². The van der Waals surface area contributed by atoms with Gasteiger partial charge in [0.2, 0.25) is 0 Å². The van der Waals surface area contributed by atoms with E-state index in [0.717, 1.165) is 24.3 Å². The van der Waals surface area contributed by atoms with E-state index in [2.05, 4.69) is 57.7 Å². The van der Waals surface area contributed by atoms with Crippen molar-refractivity contribution in [1.29, 1.82) is 0 Å². The maximum atomic E-state index is 6.03. The first-order valence-corrected chi connectivity index (χ1v) is 8.54. The molecule has 0 bridgehead atoms. The maximum Gasteiger partial charge on any atom is 0.0408 e. The van der Waals surface area contributed by atoms with Gasteiger partial charge in [0, 0.05) is 5.02 Å². The number of benzene rings is 2. The molecule has 0 spiro atoms. The van der Waals surface area contributed by atoms with Crippen molar-refractivity contribution in [3.63, 3.8) is 0 Å². The van der Waals surface area contributed by atoms with Gasteiger partial charge in [-0.05, 0) is 85.6 Å². The van der Waals surface area contributed by atoms with E-state index in [1.54, 1.807) is 0 Å². The highest BCUT2D eigenvalue weighted by Crippen LogP contribution is 2.24. The van der Waals surface area contributed by atoms with Crippen molar-refractivity contribution in [2.75, 3.05) is 0 Å². The molecule has 0 N–H and O–H groups in total. The topological polar surface area (TPSA) is 0 Å². The molecule has 0 heterocycles. The van der Waals surface area contributed by atoms with Crippen molar-refractivity contribution in [2.24, 2.45) is 0 Å². The zero-order chi connectivity index (χ0) is 16.8. The van der Waals surface area contributed by atoms with Crippen LogP contribution >= 0.6 is 11.6 Å². The van der Waals surface area contributed by atoms with E-state index in [-0.39, 0.29) is 0 Å². The van der Waals surface area contributed by atoms with Gasteiger partial charge in [0.15, 0.2) is 0 Å². The van der Waals surface area contributed by atoms with Crippen molar-refractivity contribution < 1.29 is 0 Å². The van der Waals surface area contributed by atoms with E-state index >= 15 is 0 Å². The Morgan fingerprint density at radius 3 is 2.43 bits per heavy atom. The summed E-state index contributed by atoms with van der Waals surface area (Å²) in [5.74, 6) is 0. The summed E-state index contributed by atoms with van der Waals surface area (Å²) in [4.78, 5) is 0. The van der Waals surface area contributed by atoms with Gasteiger partial charge < -0.3 is 0 Å². The van der Waals surface area contributed by atoms with Crippen molar-refractivity contribution in [3.05, 3.63) is 88.0 Å². The molecule has 23 heavy (non-hydrogen) atoms. The van der Waals surface area contributed by atoms with Crippen LogP contribution in [-0.2, 0) is 12.8 Å². The van der Waals surface area contributed by atoms with Crippen LogP contribution in [0, 0.1) is 13.8 Å². The van der Waals surface area contributed by atoms with Crippen molar-refractivity contribution in [3.8, 4) is 0 Å². The Morgan fingerprint density at radius 2 is 1.83 bits per heavy atom. The number of hydrogen-bond donors (Lipinski definition) is 0. The first-order chi connectivity index (χ1) is 11.0. The molecule has 0 nitrogen and oxygen atoms in total. The summed E-state index contributed by atoms with van der Waals surface area (Å²) in [6.45, 7) is 10.3. The lowest BCUT2D eigenvalue weighted by molar-refractivity contribution is 0.946. The quantitative estimate of drug-likeness (QED) is 0.517. The van der Waals surface area contributed by atoms with Gasteiger partial charge in [-0.15, -0.1) is 6.58 Å². The predicted octanol–water partition coefficient (Wildman–Crippen LogP) is 6.72. The maximum absolute atomic E-state index is 6.03. The van der Waals surface area contributed by atoms with E-state index in [4.69, 9.17) is 11.6 Å². The van der Waals surface area contributed by atoms with Gasteiger partial charge in [0.1, 0.15) is 0 Å². The zero-order valence-corrected chi connectivity index (χ0v) is 15.1. The molecule has 0 fully saturated rings. The fourth-order valence-corrected chi connectivity index (χ4v) is 3.23. The second-order valence-electron chi connectivity index (χ2n) is 6.03.